The molecule has 1 aliphatic rings. The number of sulfonamides is 1. The first-order valence-electron chi connectivity index (χ1n) is 11.3. The Balaban J connectivity index is 1.46. The summed E-state index contributed by atoms with van der Waals surface area (Å²) in [6.45, 7) is 2.88. The van der Waals surface area contributed by atoms with Crippen LogP contribution in [0.25, 0.3) is 0 Å². The second-order valence-electron chi connectivity index (χ2n) is 8.13. The van der Waals surface area contributed by atoms with Crippen molar-refractivity contribution in [1.29, 1.82) is 0 Å². The Kier molecular flexibility index (Phi) is 7.25. The van der Waals surface area contributed by atoms with Crippen molar-refractivity contribution in [2.75, 3.05) is 38.8 Å². The molecule has 4 rings (SSSR count). The molecule has 36 heavy (non-hydrogen) atoms. The fourth-order valence-electron chi connectivity index (χ4n) is 3.79. The van der Waals surface area contributed by atoms with Gasteiger partial charge in [-0.05, 0) is 61.0 Å². The molecule has 0 bridgehead atoms. The first-order chi connectivity index (χ1) is 17.2. The van der Waals surface area contributed by atoms with Crippen molar-refractivity contribution in [3.8, 4) is 23.0 Å². The molecule has 1 heterocycles. The van der Waals surface area contributed by atoms with Crippen LogP contribution in [0.5, 0.6) is 23.0 Å². The number of nitrogens with zero attached hydrogens (tertiary/aromatic N) is 1. The first-order valence-corrected chi connectivity index (χ1v) is 12.7. The van der Waals surface area contributed by atoms with E-state index in [9.17, 15) is 13.2 Å². The number of benzene rings is 3. The summed E-state index contributed by atoms with van der Waals surface area (Å²) in [5.74, 6) is 1.80. The van der Waals surface area contributed by atoms with Gasteiger partial charge < -0.3 is 24.3 Å². The molecule has 3 aromatic rings. The van der Waals surface area contributed by atoms with Gasteiger partial charge in [-0.2, -0.15) is 0 Å². The molecular weight excluding hydrogens is 484 g/mol. The lowest BCUT2D eigenvalue weighted by Gasteiger charge is -2.21. The highest BCUT2D eigenvalue weighted by Gasteiger charge is 2.24. The average Bonchev–Trinajstić information content (AvgIpc) is 2.91. The largest absolute Gasteiger partial charge is 0.493 e. The molecule has 0 saturated carbocycles. The smallest absolute Gasteiger partial charge is 0.264 e. The minimum atomic E-state index is -3.87. The minimum Gasteiger partial charge on any atom is -0.493 e. The van der Waals surface area contributed by atoms with Crippen molar-refractivity contribution in [2.45, 2.75) is 17.9 Å². The van der Waals surface area contributed by atoms with Gasteiger partial charge in [-0.15, -0.1) is 0 Å². The second-order valence-corrected chi connectivity index (χ2v) is 10.1. The molecular formula is C26H28N2O7S. The number of carbonyl (C=O) groups is 1. The van der Waals surface area contributed by atoms with Crippen LogP contribution in [0.2, 0.25) is 0 Å². The number of ether oxygens (including phenoxy) is 4. The van der Waals surface area contributed by atoms with Crippen LogP contribution in [0.15, 0.2) is 65.6 Å². The van der Waals surface area contributed by atoms with E-state index in [0.717, 1.165) is 9.87 Å². The maximum atomic E-state index is 13.2. The highest BCUT2D eigenvalue weighted by molar-refractivity contribution is 7.92. The highest BCUT2D eigenvalue weighted by atomic mass is 32.2. The predicted molar refractivity (Wildman–Crippen MR) is 135 cm³/mol. The normalized spacial score (nSPS) is 13.4. The zero-order valence-electron chi connectivity index (χ0n) is 20.5. The monoisotopic (exact) mass is 512 g/mol. The third kappa shape index (κ3) is 5.03. The molecule has 1 aliphatic heterocycles. The summed E-state index contributed by atoms with van der Waals surface area (Å²) in [5, 5.41) is 2.95. The Morgan fingerprint density at radius 2 is 1.58 bits per heavy atom. The number of methoxy groups -OCH3 is 2. The van der Waals surface area contributed by atoms with Gasteiger partial charge >= 0.3 is 0 Å². The Bertz CT molecular complexity index is 1360. The summed E-state index contributed by atoms with van der Waals surface area (Å²) in [6, 6.07) is 16.0. The molecule has 0 aromatic heterocycles. The Morgan fingerprint density at radius 3 is 2.25 bits per heavy atom. The van der Waals surface area contributed by atoms with E-state index in [2.05, 4.69) is 5.32 Å². The van der Waals surface area contributed by atoms with Crippen molar-refractivity contribution in [3.63, 3.8) is 0 Å². The van der Waals surface area contributed by atoms with Gasteiger partial charge in [0.15, 0.2) is 23.0 Å². The standard InChI is InChI=1S/C26H28N2O7S/c1-17(19-7-11-23-25(15-19)35-14-13-34-23)27-26(29)18-5-8-20(9-6-18)28(2)36(30,31)21-10-12-22(32-3)24(16-21)33-4/h5-12,15-17H,13-14H2,1-4H3,(H,27,29)/t17-/m1/s1. The molecule has 0 spiro atoms. The number of fused-ring (bicyclic) bond motifs is 1. The summed E-state index contributed by atoms with van der Waals surface area (Å²) >= 11 is 0. The molecule has 0 radical (unpaired) electrons. The number of carbonyl (C=O) groups excluding carboxylic acids is 1. The summed E-state index contributed by atoms with van der Waals surface area (Å²) in [5.41, 5.74) is 1.69. The highest BCUT2D eigenvalue weighted by Crippen LogP contribution is 2.33. The number of rotatable bonds is 8. The molecule has 0 fully saturated rings. The fraction of sp³-hybridized carbons (Fsp3) is 0.269. The minimum absolute atomic E-state index is 0.0534. The van der Waals surface area contributed by atoms with Gasteiger partial charge in [0.25, 0.3) is 15.9 Å². The van der Waals surface area contributed by atoms with E-state index in [-0.39, 0.29) is 16.8 Å². The summed E-state index contributed by atoms with van der Waals surface area (Å²) in [4.78, 5) is 12.9. The quantitative estimate of drug-likeness (QED) is 0.490. The molecule has 0 unspecified atom stereocenters. The van der Waals surface area contributed by atoms with Crippen molar-refractivity contribution in [3.05, 3.63) is 71.8 Å². The van der Waals surface area contributed by atoms with Crippen LogP contribution in [0.3, 0.4) is 0 Å². The van der Waals surface area contributed by atoms with Crippen molar-refractivity contribution < 1.29 is 32.2 Å². The van der Waals surface area contributed by atoms with Crippen LogP contribution in [0.1, 0.15) is 28.9 Å². The SMILES string of the molecule is COc1ccc(S(=O)(=O)N(C)c2ccc(C(=O)N[C@H](C)c3ccc4c(c3)OCCO4)cc2)cc1OC. The summed E-state index contributed by atoms with van der Waals surface area (Å²) < 4.78 is 49.0. The topological polar surface area (TPSA) is 103 Å². The van der Waals surface area contributed by atoms with Gasteiger partial charge in [0, 0.05) is 18.7 Å². The molecule has 1 amide bonds. The fourth-order valence-corrected chi connectivity index (χ4v) is 5.00. The molecule has 9 nitrogen and oxygen atoms in total. The number of hydrogen-bond acceptors (Lipinski definition) is 7. The summed E-state index contributed by atoms with van der Waals surface area (Å²) in [6.07, 6.45) is 0. The van der Waals surface area contributed by atoms with E-state index in [4.69, 9.17) is 18.9 Å². The maximum absolute atomic E-state index is 13.2. The first kappa shape index (κ1) is 25.2. The number of anilines is 1. The molecule has 0 aliphatic carbocycles. The number of nitrogens with one attached hydrogen (secondary N) is 1. The Labute approximate surface area is 210 Å². The van der Waals surface area contributed by atoms with Gasteiger partial charge in [-0.25, -0.2) is 8.42 Å². The van der Waals surface area contributed by atoms with Gasteiger partial charge in [0.2, 0.25) is 0 Å². The maximum Gasteiger partial charge on any atom is 0.264 e. The molecule has 1 N–H and O–H groups in total. The molecule has 0 saturated heterocycles. The Hall–Kier alpha value is -3.92. The number of amides is 1. The summed E-state index contributed by atoms with van der Waals surface area (Å²) in [7, 11) is 0.499. The van der Waals surface area contributed by atoms with Crippen molar-refractivity contribution >= 4 is 21.6 Å². The lowest BCUT2D eigenvalue weighted by molar-refractivity contribution is 0.0939. The Morgan fingerprint density at radius 1 is 0.917 bits per heavy atom. The van der Waals surface area contributed by atoms with E-state index in [1.54, 1.807) is 24.3 Å². The van der Waals surface area contributed by atoms with Crippen LogP contribution >= 0.6 is 0 Å². The van der Waals surface area contributed by atoms with Crippen molar-refractivity contribution in [2.24, 2.45) is 0 Å². The number of hydrogen-bond donors (Lipinski definition) is 1. The van der Waals surface area contributed by atoms with E-state index in [0.29, 0.717) is 47.5 Å². The van der Waals surface area contributed by atoms with E-state index in [1.165, 1.54) is 39.5 Å². The van der Waals surface area contributed by atoms with Crippen LogP contribution in [0, 0.1) is 0 Å². The third-order valence-corrected chi connectivity index (χ3v) is 7.70. The molecule has 190 valence electrons. The molecule has 3 aromatic carbocycles. The van der Waals surface area contributed by atoms with Crippen molar-refractivity contribution in [1.82, 2.24) is 5.32 Å². The van der Waals surface area contributed by atoms with Crippen LogP contribution in [-0.2, 0) is 10.0 Å². The lowest BCUT2D eigenvalue weighted by atomic mass is 10.1. The van der Waals surface area contributed by atoms with Gasteiger partial charge in [-0.3, -0.25) is 9.10 Å². The van der Waals surface area contributed by atoms with Crippen LogP contribution in [-0.4, -0.2) is 48.8 Å². The van der Waals surface area contributed by atoms with Gasteiger partial charge in [0.05, 0.1) is 30.8 Å². The van der Waals surface area contributed by atoms with Gasteiger partial charge in [-0.1, -0.05) is 6.07 Å². The molecule has 10 heteroatoms. The van der Waals surface area contributed by atoms with E-state index < -0.39 is 10.0 Å². The second kappa shape index (κ2) is 10.4. The molecule has 1 atom stereocenters. The van der Waals surface area contributed by atoms with Gasteiger partial charge in [0.1, 0.15) is 13.2 Å². The van der Waals surface area contributed by atoms with Crippen LogP contribution in [0.4, 0.5) is 5.69 Å². The third-order valence-electron chi connectivity index (χ3n) is 5.92. The zero-order chi connectivity index (χ0) is 25.9. The average molecular weight is 513 g/mol. The zero-order valence-corrected chi connectivity index (χ0v) is 21.3. The van der Waals surface area contributed by atoms with E-state index >= 15 is 0 Å². The lowest BCUT2D eigenvalue weighted by Crippen LogP contribution is -2.28. The van der Waals surface area contributed by atoms with E-state index in [1.807, 2.05) is 25.1 Å². The van der Waals surface area contributed by atoms with Crippen LogP contribution < -0.4 is 28.6 Å². The predicted octanol–water partition coefficient (Wildman–Crippen LogP) is 3.79.